The average molecular weight is 283 g/mol. The molecule has 1 heterocycles. The fraction of sp³-hybridized carbons (Fsp3) is 0.938. The van der Waals surface area contributed by atoms with Crippen molar-refractivity contribution in [1.82, 2.24) is 4.90 Å². The van der Waals surface area contributed by atoms with Gasteiger partial charge in [0.1, 0.15) is 0 Å². The Hall–Kier alpha value is -0.610. The molecular weight excluding hydrogens is 254 g/mol. The predicted molar refractivity (Wildman–Crippen MR) is 78.3 cm³/mol. The van der Waals surface area contributed by atoms with Crippen LogP contribution in [-0.4, -0.2) is 48.8 Å². The number of ether oxygens (including phenoxy) is 1. The molecule has 4 heteroatoms. The van der Waals surface area contributed by atoms with Crippen molar-refractivity contribution in [2.75, 3.05) is 26.7 Å². The Labute approximate surface area is 122 Å². The Balaban J connectivity index is 1.75. The van der Waals surface area contributed by atoms with Crippen LogP contribution in [0.15, 0.2) is 0 Å². The van der Waals surface area contributed by atoms with Crippen LogP contribution < -0.4 is 0 Å². The van der Waals surface area contributed by atoms with E-state index >= 15 is 0 Å². The van der Waals surface area contributed by atoms with E-state index in [4.69, 9.17) is 0 Å². The molecule has 1 saturated carbocycles. The van der Waals surface area contributed by atoms with E-state index in [1.807, 2.05) is 0 Å². The zero-order valence-electron chi connectivity index (χ0n) is 12.9. The van der Waals surface area contributed by atoms with Crippen LogP contribution in [0.1, 0.15) is 45.4 Å². The molecule has 0 aromatic heterocycles. The van der Waals surface area contributed by atoms with Gasteiger partial charge in [0.2, 0.25) is 0 Å². The molecule has 0 amide bonds. The normalized spacial score (nSPS) is 30.9. The largest absolute Gasteiger partial charge is 0.467 e. The summed E-state index contributed by atoms with van der Waals surface area (Å²) < 4.78 is 4.63. The lowest BCUT2D eigenvalue weighted by Crippen LogP contribution is -2.43. The molecule has 4 nitrogen and oxygen atoms in total. The number of hydrogen-bond acceptors (Lipinski definition) is 4. The fourth-order valence-corrected chi connectivity index (χ4v) is 3.76. The lowest BCUT2D eigenvalue weighted by atomic mass is 9.79. The zero-order valence-corrected chi connectivity index (χ0v) is 12.9. The van der Waals surface area contributed by atoms with Gasteiger partial charge in [-0.25, -0.2) is 4.79 Å². The van der Waals surface area contributed by atoms with Crippen LogP contribution in [0.2, 0.25) is 0 Å². The van der Waals surface area contributed by atoms with E-state index in [0.29, 0.717) is 0 Å². The number of hydrogen-bond donors (Lipinski definition) is 1. The van der Waals surface area contributed by atoms with Gasteiger partial charge in [-0.1, -0.05) is 26.2 Å². The third-order valence-corrected chi connectivity index (χ3v) is 5.30. The lowest BCUT2D eigenvalue weighted by Gasteiger charge is -2.38. The number of nitrogens with zero attached hydrogens (tertiary/aromatic N) is 1. The lowest BCUT2D eigenvalue weighted by molar-refractivity contribution is -0.154. The second-order valence-electron chi connectivity index (χ2n) is 6.63. The first-order chi connectivity index (χ1) is 9.61. The smallest absolute Gasteiger partial charge is 0.334 e. The van der Waals surface area contributed by atoms with E-state index in [2.05, 4.69) is 16.6 Å². The first-order valence-corrected chi connectivity index (χ1v) is 8.10. The van der Waals surface area contributed by atoms with E-state index in [-0.39, 0.29) is 5.92 Å². The van der Waals surface area contributed by atoms with Gasteiger partial charge in [0.05, 0.1) is 7.11 Å². The van der Waals surface area contributed by atoms with Crippen molar-refractivity contribution in [2.24, 2.45) is 17.8 Å². The Morgan fingerprint density at radius 1 is 1.25 bits per heavy atom. The maximum Gasteiger partial charge on any atom is 0.334 e. The molecule has 0 spiro atoms. The van der Waals surface area contributed by atoms with Crippen LogP contribution in [0.4, 0.5) is 0 Å². The van der Waals surface area contributed by atoms with Gasteiger partial charge in [0.25, 0.3) is 0 Å². The Morgan fingerprint density at radius 3 is 2.50 bits per heavy atom. The summed E-state index contributed by atoms with van der Waals surface area (Å²) in [5.41, 5.74) is 0. The number of methoxy groups -OCH3 is 1. The molecule has 1 aliphatic heterocycles. The standard InChI is InChI=1S/C16H29NO3/c1-12-5-3-4-6-14(12)11-17-9-7-13(8-10-17)15(18)16(19)20-2/h12-15,18H,3-11H2,1-2H3/t12-,14-,15+/m0/s1. The van der Waals surface area contributed by atoms with Crippen molar-refractivity contribution in [3.05, 3.63) is 0 Å². The van der Waals surface area contributed by atoms with Gasteiger partial charge >= 0.3 is 5.97 Å². The fourth-order valence-electron chi connectivity index (χ4n) is 3.76. The average Bonchev–Trinajstić information content (AvgIpc) is 2.49. The van der Waals surface area contributed by atoms with Crippen molar-refractivity contribution in [3.8, 4) is 0 Å². The van der Waals surface area contributed by atoms with Crippen LogP contribution in [0.25, 0.3) is 0 Å². The minimum absolute atomic E-state index is 0.0717. The van der Waals surface area contributed by atoms with E-state index in [9.17, 15) is 9.90 Å². The Kier molecular flexibility index (Phi) is 5.85. The molecule has 0 unspecified atom stereocenters. The predicted octanol–water partition coefficient (Wildman–Crippen LogP) is 2.06. The Morgan fingerprint density at radius 2 is 1.90 bits per heavy atom. The first-order valence-electron chi connectivity index (χ1n) is 8.10. The van der Waals surface area contributed by atoms with Crippen molar-refractivity contribution in [2.45, 2.75) is 51.6 Å². The SMILES string of the molecule is COC(=O)[C@H](O)C1CCN(C[C@@H]2CCCC[C@@H]2C)CC1. The van der Waals surface area contributed by atoms with Crippen LogP contribution in [-0.2, 0) is 9.53 Å². The number of carbonyl (C=O) groups excluding carboxylic acids is 1. The van der Waals surface area contributed by atoms with Crippen LogP contribution in [0, 0.1) is 17.8 Å². The van der Waals surface area contributed by atoms with Gasteiger partial charge < -0.3 is 14.7 Å². The van der Waals surface area contributed by atoms with Crippen LogP contribution >= 0.6 is 0 Å². The summed E-state index contributed by atoms with van der Waals surface area (Å²) in [5.74, 6) is 1.28. The number of rotatable bonds is 4. The molecule has 2 aliphatic rings. The number of aliphatic hydroxyl groups excluding tert-OH is 1. The molecule has 0 bridgehead atoms. The highest BCUT2D eigenvalue weighted by atomic mass is 16.5. The van der Waals surface area contributed by atoms with Gasteiger partial charge in [-0.15, -0.1) is 0 Å². The number of piperidine rings is 1. The van der Waals surface area contributed by atoms with E-state index in [0.717, 1.165) is 37.8 Å². The molecule has 0 aromatic carbocycles. The minimum atomic E-state index is -0.934. The molecule has 0 radical (unpaired) electrons. The summed E-state index contributed by atoms with van der Waals surface area (Å²) in [6.45, 7) is 5.59. The molecular formula is C16H29NO3. The van der Waals surface area contributed by atoms with Crippen LogP contribution in [0.3, 0.4) is 0 Å². The highest BCUT2D eigenvalue weighted by Gasteiger charge is 2.32. The van der Waals surface area contributed by atoms with Crippen molar-refractivity contribution < 1.29 is 14.6 Å². The summed E-state index contributed by atoms with van der Waals surface area (Å²) in [6.07, 6.45) is 6.39. The summed E-state index contributed by atoms with van der Waals surface area (Å²) in [7, 11) is 1.34. The third-order valence-electron chi connectivity index (χ3n) is 5.30. The van der Waals surface area contributed by atoms with Crippen molar-refractivity contribution in [3.63, 3.8) is 0 Å². The maximum atomic E-state index is 11.4. The van der Waals surface area contributed by atoms with E-state index in [1.54, 1.807) is 0 Å². The summed E-state index contributed by atoms with van der Waals surface area (Å²) in [6, 6.07) is 0. The van der Waals surface area contributed by atoms with E-state index < -0.39 is 12.1 Å². The van der Waals surface area contributed by atoms with Gasteiger partial charge in [-0.05, 0) is 50.1 Å². The quantitative estimate of drug-likeness (QED) is 0.802. The second-order valence-corrected chi connectivity index (χ2v) is 6.63. The summed E-state index contributed by atoms with van der Waals surface area (Å²) >= 11 is 0. The molecule has 2 rings (SSSR count). The number of carbonyl (C=O) groups is 1. The topological polar surface area (TPSA) is 49.8 Å². The summed E-state index contributed by atoms with van der Waals surface area (Å²) in [5, 5.41) is 9.90. The molecule has 116 valence electrons. The molecule has 1 aliphatic carbocycles. The summed E-state index contributed by atoms with van der Waals surface area (Å²) in [4.78, 5) is 13.9. The van der Waals surface area contributed by atoms with Crippen molar-refractivity contribution >= 4 is 5.97 Å². The van der Waals surface area contributed by atoms with E-state index in [1.165, 1.54) is 39.3 Å². The second kappa shape index (κ2) is 7.41. The molecule has 0 aromatic rings. The van der Waals surface area contributed by atoms with Gasteiger partial charge in [-0.2, -0.15) is 0 Å². The minimum Gasteiger partial charge on any atom is -0.467 e. The van der Waals surface area contributed by atoms with Gasteiger partial charge in [0.15, 0.2) is 6.10 Å². The van der Waals surface area contributed by atoms with Crippen molar-refractivity contribution in [1.29, 1.82) is 0 Å². The maximum absolute atomic E-state index is 11.4. The highest BCUT2D eigenvalue weighted by molar-refractivity contribution is 5.74. The first kappa shape index (κ1) is 15.8. The molecule has 2 fully saturated rings. The molecule has 1 N–H and O–H groups in total. The zero-order chi connectivity index (χ0) is 14.5. The highest BCUT2D eigenvalue weighted by Crippen LogP contribution is 2.31. The molecule has 20 heavy (non-hydrogen) atoms. The van der Waals surface area contributed by atoms with Crippen LogP contribution in [0.5, 0.6) is 0 Å². The molecule has 1 saturated heterocycles. The molecule has 3 atom stereocenters. The monoisotopic (exact) mass is 283 g/mol. The van der Waals surface area contributed by atoms with Gasteiger partial charge in [-0.3, -0.25) is 0 Å². The Bertz CT molecular complexity index is 313. The number of esters is 1. The third kappa shape index (κ3) is 3.95. The van der Waals surface area contributed by atoms with Gasteiger partial charge in [0, 0.05) is 6.54 Å². The number of likely N-dealkylation sites (tertiary alicyclic amines) is 1. The number of aliphatic hydroxyl groups is 1.